The van der Waals surface area contributed by atoms with Crippen LogP contribution in [-0.2, 0) is 13.0 Å². The maximum absolute atomic E-state index is 9.65. The number of hydrogen-bond donors (Lipinski definition) is 1. The molecular weight excluding hydrogens is 236 g/mol. The van der Waals surface area contributed by atoms with Gasteiger partial charge in [0, 0.05) is 5.69 Å². The zero-order valence-electron chi connectivity index (χ0n) is 12.5. The SMILES string of the molecule is CCNC(C#N)(Cn1nc(C)c(CC)c1C)C1CC1. The first kappa shape index (κ1) is 14.1. The number of rotatable bonds is 6. The zero-order valence-corrected chi connectivity index (χ0v) is 12.5. The van der Waals surface area contributed by atoms with Crippen molar-refractivity contribution in [3.8, 4) is 6.07 Å². The molecule has 0 radical (unpaired) electrons. The minimum atomic E-state index is -0.441. The first-order chi connectivity index (χ1) is 9.07. The third-order valence-electron chi connectivity index (χ3n) is 4.25. The van der Waals surface area contributed by atoms with E-state index in [0.29, 0.717) is 12.5 Å². The molecule has 0 amide bonds. The molecule has 1 fully saturated rings. The molecule has 1 atom stereocenters. The Bertz CT molecular complexity index is 493. The van der Waals surface area contributed by atoms with E-state index in [1.807, 2.05) is 4.68 Å². The van der Waals surface area contributed by atoms with E-state index in [2.05, 4.69) is 44.2 Å². The van der Waals surface area contributed by atoms with E-state index in [-0.39, 0.29) is 0 Å². The fourth-order valence-electron chi connectivity index (χ4n) is 3.02. The van der Waals surface area contributed by atoms with Gasteiger partial charge in [0.15, 0.2) is 0 Å². The van der Waals surface area contributed by atoms with Crippen molar-refractivity contribution in [2.45, 2.75) is 59.0 Å². The Kier molecular flexibility index (Phi) is 3.96. The highest BCUT2D eigenvalue weighted by molar-refractivity contribution is 5.25. The Balaban J connectivity index is 2.29. The minimum Gasteiger partial charge on any atom is -0.298 e. The second-order valence-corrected chi connectivity index (χ2v) is 5.55. The average molecular weight is 260 g/mol. The summed E-state index contributed by atoms with van der Waals surface area (Å²) in [6.45, 7) is 9.87. The van der Waals surface area contributed by atoms with Crippen molar-refractivity contribution < 1.29 is 0 Å². The van der Waals surface area contributed by atoms with Crippen molar-refractivity contribution in [1.82, 2.24) is 15.1 Å². The molecule has 0 spiro atoms. The van der Waals surface area contributed by atoms with Gasteiger partial charge in [-0.3, -0.25) is 10.00 Å². The fraction of sp³-hybridized carbons (Fsp3) is 0.733. The van der Waals surface area contributed by atoms with Crippen molar-refractivity contribution in [2.24, 2.45) is 5.92 Å². The van der Waals surface area contributed by atoms with Crippen LogP contribution in [0.2, 0.25) is 0 Å². The summed E-state index contributed by atoms with van der Waals surface area (Å²) in [6, 6.07) is 2.53. The summed E-state index contributed by atoms with van der Waals surface area (Å²) in [5, 5.41) is 17.7. The lowest BCUT2D eigenvalue weighted by Gasteiger charge is -2.28. The molecule has 1 aromatic heterocycles. The highest BCUT2D eigenvalue weighted by Crippen LogP contribution is 2.40. The zero-order chi connectivity index (χ0) is 14.0. The smallest absolute Gasteiger partial charge is 0.129 e. The van der Waals surface area contributed by atoms with Gasteiger partial charge >= 0.3 is 0 Å². The summed E-state index contributed by atoms with van der Waals surface area (Å²) in [7, 11) is 0. The van der Waals surface area contributed by atoms with Crippen LogP contribution in [0.4, 0.5) is 0 Å². The number of aryl methyl sites for hydroxylation is 1. The Hall–Kier alpha value is -1.34. The topological polar surface area (TPSA) is 53.6 Å². The first-order valence-electron chi connectivity index (χ1n) is 7.27. The van der Waals surface area contributed by atoms with E-state index < -0.39 is 5.54 Å². The standard InChI is InChI=1S/C15H24N4/c1-5-14-11(3)18-19(12(14)4)10-15(9-16,17-6-2)13-7-8-13/h13,17H,5-8,10H2,1-4H3. The summed E-state index contributed by atoms with van der Waals surface area (Å²) in [4.78, 5) is 0. The summed E-state index contributed by atoms with van der Waals surface area (Å²) in [6.07, 6.45) is 3.31. The summed E-state index contributed by atoms with van der Waals surface area (Å²) in [5.74, 6) is 0.478. The number of nitrogens with one attached hydrogen (secondary N) is 1. The van der Waals surface area contributed by atoms with Gasteiger partial charge in [0.05, 0.1) is 18.3 Å². The minimum absolute atomic E-state index is 0.441. The maximum Gasteiger partial charge on any atom is 0.129 e. The summed E-state index contributed by atoms with van der Waals surface area (Å²) < 4.78 is 2.03. The van der Waals surface area contributed by atoms with Gasteiger partial charge in [-0.2, -0.15) is 10.4 Å². The van der Waals surface area contributed by atoms with Gasteiger partial charge in [-0.1, -0.05) is 13.8 Å². The Morgan fingerprint density at radius 1 is 1.42 bits per heavy atom. The predicted molar refractivity (Wildman–Crippen MR) is 75.8 cm³/mol. The number of nitriles is 1. The van der Waals surface area contributed by atoms with E-state index >= 15 is 0 Å². The van der Waals surface area contributed by atoms with Gasteiger partial charge in [-0.05, 0) is 51.1 Å². The average Bonchev–Trinajstić information content (AvgIpc) is 3.19. The second kappa shape index (κ2) is 5.34. The van der Waals surface area contributed by atoms with Crippen LogP contribution in [0.1, 0.15) is 43.6 Å². The van der Waals surface area contributed by atoms with Crippen LogP contribution in [0.15, 0.2) is 0 Å². The molecule has 1 heterocycles. The number of hydrogen-bond acceptors (Lipinski definition) is 3. The third-order valence-corrected chi connectivity index (χ3v) is 4.25. The van der Waals surface area contributed by atoms with Crippen LogP contribution < -0.4 is 5.32 Å². The number of nitrogens with zero attached hydrogens (tertiary/aromatic N) is 3. The van der Waals surface area contributed by atoms with Crippen molar-refractivity contribution in [2.75, 3.05) is 6.54 Å². The Morgan fingerprint density at radius 2 is 2.11 bits per heavy atom. The molecule has 4 heteroatoms. The van der Waals surface area contributed by atoms with Gasteiger partial charge in [0.1, 0.15) is 5.54 Å². The van der Waals surface area contributed by atoms with Crippen LogP contribution >= 0.6 is 0 Å². The Labute approximate surface area is 115 Å². The van der Waals surface area contributed by atoms with Crippen molar-refractivity contribution in [1.29, 1.82) is 5.26 Å². The molecule has 0 saturated heterocycles. The van der Waals surface area contributed by atoms with Crippen LogP contribution in [0.25, 0.3) is 0 Å². The summed E-state index contributed by atoms with van der Waals surface area (Å²) in [5.41, 5.74) is 3.18. The maximum atomic E-state index is 9.65. The quantitative estimate of drug-likeness (QED) is 0.854. The Morgan fingerprint density at radius 3 is 2.53 bits per heavy atom. The lowest BCUT2D eigenvalue weighted by Crippen LogP contribution is -2.49. The molecule has 1 aliphatic carbocycles. The number of likely N-dealkylation sites (N-methyl/N-ethyl adjacent to an activating group) is 1. The van der Waals surface area contributed by atoms with Crippen LogP contribution in [0, 0.1) is 31.1 Å². The van der Waals surface area contributed by atoms with Gasteiger partial charge < -0.3 is 0 Å². The monoisotopic (exact) mass is 260 g/mol. The molecule has 4 nitrogen and oxygen atoms in total. The first-order valence-corrected chi connectivity index (χ1v) is 7.27. The molecule has 19 heavy (non-hydrogen) atoms. The van der Waals surface area contributed by atoms with E-state index in [1.54, 1.807) is 0 Å². The molecule has 1 saturated carbocycles. The number of aromatic nitrogens is 2. The van der Waals surface area contributed by atoms with E-state index in [9.17, 15) is 5.26 Å². The molecule has 1 N–H and O–H groups in total. The van der Waals surface area contributed by atoms with Crippen LogP contribution in [-0.4, -0.2) is 21.9 Å². The molecule has 2 rings (SSSR count). The normalized spacial score (nSPS) is 18.1. The molecule has 1 unspecified atom stereocenters. The molecule has 0 aliphatic heterocycles. The highest BCUT2D eigenvalue weighted by atomic mass is 15.3. The van der Waals surface area contributed by atoms with Gasteiger partial charge in [0.25, 0.3) is 0 Å². The third kappa shape index (κ3) is 2.52. The van der Waals surface area contributed by atoms with Crippen molar-refractivity contribution in [3.63, 3.8) is 0 Å². The second-order valence-electron chi connectivity index (χ2n) is 5.55. The van der Waals surface area contributed by atoms with Gasteiger partial charge in [-0.25, -0.2) is 0 Å². The van der Waals surface area contributed by atoms with Crippen LogP contribution in [0.5, 0.6) is 0 Å². The predicted octanol–water partition coefficient (Wildman–Crippen LogP) is 2.34. The molecule has 1 aromatic rings. The van der Waals surface area contributed by atoms with E-state index in [4.69, 9.17) is 0 Å². The molecular formula is C15H24N4. The highest BCUT2D eigenvalue weighted by Gasteiger charge is 2.46. The lowest BCUT2D eigenvalue weighted by molar-refractivity contribution is 0.308. The molecule has 0 aromatic carbocycles. The largest absolute Gasteiger partial charge is 0.298 e. The molecule has 1 aliphatic rings. The molecule has 104 valence electrons. The van der Waals surface area contributed by atoms with Gasteiger partial charge in [0.2, 0.25) is 0 Å². The fourth-order valence-corrected chi connectivity index (χ4v) is 3.02. The van der Waals surface area contributed by atoms with Crippen LogP contribution in [0.3, 0.4) is 0 Å². The van der Waals surface area contributed by atoms with E-state index in [0.717, 1.165) is 31.5 Å². The molecule has 0 bridgehead atoms. The van der Waals surface area contributed by atoms with Crippen molar-refractivity contribution in [3.05, 3.63) is 17.0 Å². The van der Waals surface area contributed by atoms with Crippen molar-refractivity contribution >= 4 is 0 Å². The summed E-state index contributed by atoms with van der Waals surface area (Å²) >= 11 is 0. The van der Waals surface area contributed by atoms with E-state index in [1.165, 1.54) is 11.3 Å². The lowest BCUT2D eigenvalue weighted by atomic mass is 9.94. The van der Waals surface area contributed by atoms with Gasteiger partial charge in [-0.15, -0.1) is 0 Å².